The second-order valence-electron chi connectivity index (χ2n) is 6.97. The van der Waals surface area contributed by atoms with Crippen molar-refractivity contribution in [1.29, 1.82) is 0 Å². The van der Waals surface area contributed by atoms with Crippen molar-refractivity contribution in [1.82, 2.24) is 5.32 Å². The van der Waals surface area contributed by atoms with Gasteiger partial charge in [-0.2, -0.15) is 0 Å². The molecule has 4 nitrogen and oxygen atoms in total. The second-order valence-corrected chi connectivity index (χ2v) is 6.97. The van der Waals surface area contributed by atoms with Gasteiger partial charge in [-0.1, -0.05) is 30.3 Å². The molecule has 114 valence electrons. The van der Waals surface area contributed by atoms with Gasteiger partial charge < -0.3 is 14.8 Å². The van der Waals surface area contributed by atoms with Crippen molar-refractivity contribution >= 4 is 6.09 Å². The molecule has 1 aliphatic heterocycles. The third-order valence-corrected chi connectivity index (χ3v) is 4.35. The third kappa shape index (κ3) is 2.91. The van der Waals surface area contributed by atoms with Gasteiger partial charge in [0.1, 0.15) is 5.60 Å². The topological polar surface area (TPSA) is 47.6 Å². The van der Waals surface area contributed by atoms with Crippen LogP contribution in [-0.4, -0.2) is 30.9 Å². The molecule has 1 aromatic rings. The summed E-state index contributed by atoms with van der Waals surface area (Å²) in [6.45, 7) is 7.15. The monoisotopic (exact) mass is 289 g/mol. The fraction of sp³-hybridized carbons (Fsp3) is 0.588. The van der Waals surface area contributed by atoms with Gasteiger partial charge in [-0.15, -0.1) is 0 Å². The standard InChI is InChI=1S/C17H23NO3/c1-17(2,3)21-16(19)18-15-13-10-20-9-12(13)14(15)11-7-5-4-6-8-11/h4-8,12-15H,9-10H2,1-3H3,(H,18,19)/t12-,13+,14?,15?/m1/s1. The van der Waals surface area contributed by atoms with Crippen LogP contribution < -0.4 is 5.32 Å². The van der Waals surface area contributed by atoms with Crippen LogP contribution >= 0.6 is 0 Å². The molecule has 4 heteroatoms. The minimum Gasteiger partial charge on any atom is -0.444 e. The highest BCUT2D eigenvalue weighted by Crippen LogP contribution is 2.50. The molecule has 1 aliphatic carbocycles. The molecular weight excluding hydrogens is 266 g/mol. The number of alkyl carbamates (subject to hydrolysis) is 1. The Hall–Kier alpha value is -1.55. The van der Waals surface area contributed by atoms with E-state index in [4.69, 9.17) is 9.47 Å². The van der Waals surface area contributed by atoms with Crippen LogP contribution in [0.2, 0.25) is 0 Å². The summed E-state index contributed by atoms with van der Waals surface area (Å²) in [5.74, 6) is 1.24. The maximum absolute atomic E-state index is 12.1. The molecule has 1 aromatic carbocycles. The van der Waals surface area contributed by atoms with Gasteiger partial charge in [-0.3, -0.25) is 0 Å². The molecule has 0 spiro atoms. The van der Waals surface area contributed by atoms with Crippen molar-refractivity contribution in [2.75, 3.05) is 13.2 Å². The lowest BCUT2D eigenvalue weighted by molar-refractivity contribution is 0.0345. The molecule has 3 rings (SSSR count). The number of fused-ring (bicyclic) bond motifs is 1. The highest BCUT2D eigenvalue weighted by molar-refractivity contribution is 5.68. The zero-order valence-electron chi connectivity index (χ0n) is 12.8. The summed E-state index contributed by atoms with van der Waals surface area (Å²) in [5.41, 5.74) is 0.798. The molecule has 1 amide bonds. The first-order chi connectivity index (χ1) is 9.96. The highest BCUT2D eigenvalue weighted by atomic mass is 16.6. The van der Waals surface area contributed by atoms with Gasteiger partial charge in [0.15, 0.2) is 0 Å². The van der Waals surface area contributed by atoms with E-state index < -0.39 is 5.60 Å². The number of carbonyl (C=O) groups excluding carboxylic acids is 1. The number of carbonyl (C=O) groups is 1. The van der Waals surface area contributed by atoms with Gasteiger partial charge in [-0.05, 0) is 32.3 Å². The summed E-state index contributed by atoms with van der Waals surface area (Å²) in [5, 5.41) is 3.05. The molecule has 1 N–H and O–H groups in total. The Balaban J connectivity index is 1.72. The summed E-state index contributed by atoms with van der Waals surface area (Å²) < 4.78 is 11.0. The molecule has 1 saturated heterocycles. The van der Waals surface area contributed by atoms with E-state index in [-0.39, 0.29) is 12.1 Å². The molecule has 0 radical (unpaired) electrons. The van der Waals surface area contributed by atoms with Gasteiger partial charge in [0, 0.05) is 17.9 Å². The van der Waals surface area contributed by atoms with Gasteiger partial charge in [0.05, 0.1) is 13.2 Å². The van der Waals surface area contributed by atoms with E-state index >= 15 is 0 Å². The van der Waals surface area contributed by atoms with Crippen LogP contribution in [0.4, 0.5) is 4.79 Å². The number of amides is 1. The average molecular weight is 289 g/mol. The first-order valence-electron chi connectivity index (χ1n) is 7.58. The van der Waals surface area contributed by atoms with Crippen LogP contribution in [0, 0.1) is 11.8 Å². The molecule has 0 bridgehead atoms. The van der Waals surface area contributed by atoms with E-state index in [1.54, 1.807) is 0 Å². The predicted octanol–water partition coefficient (Wildman–Crippen LogP) is 2.94. The number of ether oxygens (including phenoxy) is 2. The number of hydrogen-bond acceptors (Lipinski definition) is 3. The molecule has 2 unspecified atom stereocenters. The largest absolute Gasteiger partial charge is 0.444 e. The lowest BCUT2D eigenvalue weighted by Crippen LogP contribution is -2.58. The Bertz CT molecular complexity index is 509. The molecule has 1 heterocycles. The molecule has 4 atom stereocenters. The van der Waals surface area contributed by atoms with E-state index in [0.29, 0.717) is 17.8 Å². The number of benzene rings is 1. The van der Waals surface area contributed by atoms with Crippen molar-refractivity contribution < 1.29 is 14.3 Å². The Kier molecular flexibility index (Phi) is 3.66. The lowest BCUT2D eigenvalue weighted by Gasteiger charge is -2.48. The van der Waals surface area contributed by atoms with Gasteiger partial charge in [0.2, 0.25) is 0 Å². The Labute approximate surface area is 125 Å². The van der Waals surface area contributed by atoms with Crippen LogP contribution in [0.15, 0.2) is 30.3 Å². The van der Waals surface area contributed by atoms with Crippen LogP contribution in [-0.2, 0) is 9.47 Å². The molecular formula is C17H23NO3. The smallest absolute Gasteiger partial charge is 0.407 e. The zero-order chi connectivity index (χ0) is 15.0. The summed E-state index contributed by atoms with van der Waals surface area (Å²) in [7, 11) is 0. The van der Waals surface area contributed by atoms with E-state index in [0.717, 1.165) is 13.2 Å². The number of hydrogen-bond donors (Lipinski definition) is 1. The molecule has 2 fully saturated rings. The zero-order valence-corrected chi connectivity index (χ0v) is 12.8. The molecule has 1 saturated carbocycles. The average Bonchev–Trinajstić information content (AvgIpc) is 2.79. The Morgan fingerprint density at radius 3 is 2.52 bits per heavy atom. The number of nitrogens with one attached hydrogen (secondary N) is 1. The lowest BCUT2D eigenvalue weighted by atomic mass is 9.60. The van der Waals surface area contributed by atoms with E-state index in [9.17, 15) is 4.79 Å². The fourth-order valence-electron chi connectivity index (χ4n) is 3.48. The Morgan fingerprint density at radius 1 is 1.19 bits per heavy atom. The molecule has 0 aromatic heterocycles. The summed E-state index contributed by atoms with van der Waals surface area (Å²) >= 11 is 0. The fourth-order valence-corrected chi connectivity index (χ4v) is 3.48. The van der Waals surface area contributed by atoms with Crippen LogP contribution in [0.1, 0.15) is 32.3 Å². The van der Waals surface area contributed by atoms with Crippen molar-refractivity contribution in [2.45, 2.75) is 38.3 Å². The first kappa shape index (κ1) is 14.4. The first-order valence-corrected chi connectivity index (χ1v) is 7.58. The van der Waals surface area contributed by atoms with Crippen LogP contribution in [0.3, 0.4) is 0 Å². The van der Waals surface area contributed by atoms with Crippen molar-refractivity contribution in [3.05, 3.63) is 35.9 Å². The van der Waals surface area contributed by atoms with Crippen LogP contribution in [0.25, 0.3) is 0 Å². The van der Waals surface area contributed by atoms with E-state index in [2.05, 4.69) is 17.4 Å². The van der Waals surface area contributed by atoms with Gasteiger partial charge in [0.25, 0.3) is 0 Å². The third-order valence-electron chi connectivity index (χ3n) is 4.35. The van der Waals surface area contributed by atoms with E-state index in [1.807, 2.05) is 39.0 Å². The summed E-state index contributed by atoms with van der Waals surface area (Å²) in [6, 6.07) is 10.5. The van der Waals surface area contributed by atoms with Gasteiger partial charge in [-0.25, -0.2) is 4.79 Å². The quantitative estimate of drug-likeness (QED) is 0.910. The minimum atomic E-state index is -0.471. The maximum atomic E-state index is 12.1. The SMILES string of the molecule is CC(C)(C)OC(=O)NC1C(c2ccccc2)[C@@H]2COC[C@H]12. The van der Waals surface area contributed by atoms with E-state index in [1.165, 1.54) is 5.56 Å². The maximum Gasteiger partial charge on any atom is 0.407 e. The predicted molar refractivity (Wildman–Crippen MR) is 80.1 cm³/mol. The second kappa shape index (κ2) is 5.34. The van der Waals surface area contributed by atoms with Crippen molar-refractivity contribution in [2.24, 2.45) is 11.8 Å². The summed E-state index contributed by atoms with van der Waals surface area (Å²) in [6.07, 6.45) is -0.334. The molecule has 2 aliphatic rings. The molecule has 21 heavy (non-hydrogen) atoms. The minimum absolute atomic E-state index is 0.106. The van der Waals surface area contributed by atoms with Crippen LogP contribution in [0.5, 0.6) is 0 Å². The highest BCUT2D eigenvalue weighted by Gasteiger charge is 2.54. The Morgan fingerprint density at radius 2 is 1.86 bits per heavy atom. The van der Waals surface area contributed by atoms with Gasteiger partial charge >= 0.3 is 6.09 Å². The van der Waals surface area contributed by atoms with Crippen molar-refractivity contribution in [3.8, 4) is 0 Å². The summed E-state index contributed by atoms with van der Waals surface area (Å²) in [4.78, 5) is 12.1. The number of rotatable bonds is 2. The van der Waals surface area contributed by atoms with Crippen molar-refractivity contribution in [3.63, 3.8) is 0 Å². The normalized spacial score (nSPS) is 31.2.